The molecule has 0 bridgehead atoms. The number of aromatic nitrogens is 3. The standard InChI is InChI=1S/C54H31N3O2/c1-2-13-32(14-3-1)51-42-19-6-9-22-44(42)55-54(56-51)41-27-29-45(36-16-5-4-15-35(36)41)57-46-28-25-33(34-20-12-21-39-37-17-7-10-23-48(37)58-52(34)39)31-43(46)50-47(57)30-26-40-38-18-8-11-24-49(38)59-53(40)50/h1-31H. The lowest BCUT2D eigenvalue weighted by atomic mass is 9.99. The van der Waals surface area contributed by atoms with E-state index in [0.717, 1.165) is 121 Å². The first-order chi connectivity index (χ1) is 29.3. The molecule has 9 aromatic carbocycles. The molecule has 4 heterocycles. The summed E-state index contributed by atoms with van der Waals surface area (Å²) in [4.78, 5) is 10.4. The van der Waals surface area contributed by atoms with Crippen molar-refractivity contribution in [1.29, 1.82) is 0 Å². The SMILES string of the molecule is c1ccc(-c2nc(-c3ccc(-n4c5ccc(-c6cccc7c6oc6ccccc67)cc5c5c6oc7ccccc7c6ccc54)c4ccccc34)nc3ccccc23)cc1. The lowest BCUT2D eigenvalue weighted by Crippen LogP contribution is -1.99. The molecule has 0 aliphatic heterocycles. The van der Waals surface area contributed by atoms with Gasteiger partial charge in [0.1, 0.15) is 22.3 Å². The van der Waals surface area contributed by atoms with E-state index >= 15 is 0 Å². The number of benzene rings is 9. The van der Waals surface area contributed by atoms with E-state index in [2.05, 4.69) is 162 Å². The van der Waals surface area contributed by atoms with Crippen molar-refractivity contribution in [2.45, 2.75) is 0 Å². The van der Waals surface area contributed by atoms with Crippen molar-refractivity contribution in [2.75, 3.05) is 0 Å². The molecule has 0 aliphatic carbocycles. The van der Waals surface area contributed by atoms with E-state index in [-0.39, 0.29) is 0 Å². The first-order valence-electron chi connectivity index (χ1n) is 19.9. The highest BCUT2D eigenvalue weighted by molar-refractivity contribution is 6.25. The first-order valence-corrected chi connectivity index (χ1v) is 19.9. The number of furan rings is 2. The molecule has 5 nitrogen and oxygen atoms in total. The zero-order chi connectivity index (χ0) is 38.6. The molecule has 0 aliphatic rings. The van der Waals surface area contributed by atoms with E-state index in [1.807, 2.05) is 30.3 Å². The Morgan fingerprint density at radius 3 is 1.83 bits per heavy atom. The maximum atomic E-state index is 6.78. The minimum Gasteiger partial charge on any atom is -0.455 e. The number of hydrogen-bond donors (Lipinski definition) is 0. The molecule has 0 fully saturated rings. The molecule has 0 unspecified atom stereocenters. The van der Waals surface area contributed by atoms with Crippen molar-refractivity contribution in [2.24, 2.45) is 0 Å². The average Bonchev–Trinajstić information content (AvgIpc) is 3.98. The van der Waals surface area contributed by atoms with Crippen LogP contribution in [-0.2, 0) is 0 Å². The highest BCUT2D eigenvalue weighted by atomic mass is 16.3. The Hall–Kier alpha value is -8.02. The Morgan fingerprint density at radius 1 is 0.373 bits per heavy atom. The van der Waals surface area contributed by atoms with E-state index < -0.39 is 0 Å². The van der Waals surface area contributed by atoms with Gasteiger partial charge in [0.15, 0.2) is 5.82 Å². The largest absolute Gasteiger partial charge is 0.455 e. The van der Waals surface area contributed by atoms with E-state index in [4.69, 9.17) is 18.8 Å². The van der Waals surface area contributed by atoms with Crippen LogP contribution in [0.1, 0.15) is 0 Å². The highest BCUT2D eigenvalue weighted by Gasteiger charge is 2.23. The third kappa shape index (κ3) is 4.67. The number of nitrogens with zero attached hydrogens (tertiary/aromatic N) is 3. The molecule has 4 aromatic heterocycles. The Bertz CT molecular complexity index is 3850. The Kier molecular flexibility index (Phi) is 6.66. The number of fused-ring (bicyclic) bond motifs is 12. The van der Waals surface area contributed by atoms with Crippen LogP contribution in [0.25, 0.3) is 127 Å². The second kappa shape index (κ2) is 12.2. The van der Waals surface area contributed by atoms with E-state index in [1.165, 1.54) is 0 Å². The fourth-order valence-electron chi connectivity index (χ4n) is 9.37. The predicted molar refractivity (Wildman–Crippen MR) is 242 cm³/mol. The summed E-state index contributed by atoms with van der Waals surface area (Å²) in [5.41, 5.74) is 12.8. The molecule has 0 radical (unpaired) electrons. The van der Waals surface area contributed by atoms with Crippen LogP contribution in [0.5, 0.6) is 0 Å². The molecule has 0 amide bonds. The molecule has 274 valence electrons. The van der Waals surface area contributed by atoms with Gasteiger partial charge in [0.05, 0.1) is 33.3 Å². The quantitative estimate of drug-likeness (QED) is 0.180. The lowest BCUT2D eigenvalue weighted by molar-refractivity contribution is 0.670. The van der Waals surface area contributed by atoms with Crippen LogP contribution in [-0.4, -0.2) is 14.5 Å². The van der Waals surface area contributed by atoms with Crippen LogP contribution in [0, 0.1) is 0 Å². The maximum absolute atomic E-state index is 6.78. The monoisotopic (exact) mass is 753 g/mol. The normalized spacial score (nSPS) is 12.1. The van der Waals surface area contributed by atoms with Gasteiger partial charge in [-0.15, -0.1) is 0 Å². The van der Waals surface area contributed by atoms with Crippen LogP contribution in [0.15, 0.2) is 197 Å². The average molecular weight is 754 g/mol. The molecule has 0 N–H and O–H groups in total. The topological polar surface area (TPSA) is 57.0 Å². The summed E-state index contributed by atoms with van der Waals surface area (Å²) in [6, 6.07) is 65.9. The molecule has 0 saturated carbocycles. The fourth-order valence-corrected chi connectivity index (χ4v) is 9.37. The van der Waals surface area contributed by atoms with Crippen molar-refractivity contribution in [3.05, 3.63) is 188 Å². The van der Waals surface area contributed by atoms with E-state index in [1.54, 1.807) is 0 Å². The number of rotatable bonds is 4. The molecular weight excluding hydrogens is 723 g/mol. The summed E-state index contributed by atoms with van der Waals surface area (Å²) >= 11 is 0. The van der Waals surface area contributed by atoms with Crippen molar-refractivity contribution in [3.8, 4) is 39.5 Å². The predicted octanol–water partition coefficient (Wildman–Crippen LogP) is 14.7. The smallest absolute Gasteiger partial charge is 0.161 e. The van der Waals surface area contributed by atoms with Crippen molar-refractivity contribution < 1.29 is 8.83 Å². The summed E-state index contributed by atoms with van der Waals surface area (Å²) < 4.78 is 15.7. The van der Waals surface area contributed by atoms with E-state index in [9.17, 15) is 0 Å². The molecule has 0 spiro atoms. The second-order valence-corrected chi connectivity index (χ2v) is 15.2. The maximum Gasteiger partial charge on any atom is 0.161 e. The van der Waals surface area contributed by atoms with Crippen molar-refractivity contribution in [3.63, 3.8) is 0 Å². The zero-order valence-electron chi connectivity index (χ0n) is 31.6. The summed E-state index contributed by atoms with van der Waals surface area (Å²) in [6.07, 6.45) is 0. The summed E-state index contributed by atoms with van der Waals surface area (Å²) in [5.74, 6) is 0.695. The van der Waals surface area contributed by atoms with Crippen molar-refractivity contribution >= 4 is 87.4 Å². The molecule has 13 rings (SSSR count). The Labute approximate surface area is 337 Å². The minimum absolute atomic E-state index is 0.695. The fraction of sp³-hybridized carbons (Fsp3) is 0. The molecule has 0 saturated heterocycles. The van der Waals surface area contributed by atoms with Gasteiger partial charge in [0, 0.05) is 54.4 Å². The summed E-state index contributed by atoms with van der Waals surface area (Å²) in [5, 5.41) is 9.81. The van der Waals surface area contributed by atoms with Gasteiger partial charge in [0.25, 0.3) is 0 Å². The first kappa shape index (κ1) is 32.1. The van der Waals surface area contributed by atoms with Crippen LogP contribution in [0.3, 0.4) is 0 Å². The van der Waals surface area contributed by atoms with Crippen LogP contribution >= 0.6 is 0 Å². The molecule has 0 atom stereocenters. The van der Waals surface area contributed by atoms with Gasteiger partial charge < -0.3 is 13.4 Å². The van der Waals surface area contributed by atoms with Gasteiger partial charge in [-0.25, -0.2) is 9.97 Å². The highest BCUT2D eigenvalue weighted by Crippen LogP contribution is 2.45. The van der Waals surface area contributed by atoms with Crippen LogP contribution in [0.2, 0.25) is 0 Å². The molecule has 13 aromatic rings. The van der Waals surface area contributed by atoms with Crippen LogP contribution < -0.4 is 0 Å². The number of hydrogen-bond acceptors (Lipinski definition) is 4. The lowest BCUT2D eigenvalue weighted by Gasteiger charge is -2.15. The van der Waals surface area contributed by atoms with Crippen LogP contribution in [0.4, 0.5) is 0 Å². The molecule has 59 heavy (non-hydrogen) atoms. The third-order valence-electron chi connectivity index (χ3n) is 12.0. The van der Waals surface area contributed by atoms with Gasteiger partial charge in [-0.3, -0.25) is 0 Å². The van der Waals surface area contributed by atoms with Gasteiger partial charge in [-0.05, 0) is 65.5 Å². The second-order valence-electron chi connectivity index (χ2n) is 15.2. The molecular formula is C54H31N3O2. The van der Waals surface area contributed by atoms with Gasteiger partial charge in [-0.2, -0.15) is 0 Å². The van der Waals surface area contributed by atoms with Gasteiger partial charge in [-0.1, -0.05) is 133 Å². The van der Waals surface area contributed by atoms with Gasteiger partial charge >= 0.3 is 0 Å². The Balaban J connectivity index is 1.08. The minimum atomic E-state index is 0.695. The zero-order valence-corrected chi connectivity index (χ0v) is 31.6. The molecule has 5 heteroatoms. The Morgan fingerprint density at radius 2 is 1.02 bits per heavy atom. The van der Waals surface area contributed by atoms with Gasteiger partial charge in [0.2, 0.25) is 0 Å². The summed E-state index contributed by atoms with van der Waals surface area (Å²) in [7, 11) is 0. The van der Waals surface area contributed by atoms with Crippen molar-refractivity contribution in [1.82, 2.24) is 14.5 Å². The number of para-hydroxylation sites is 4. The van der Waals surface area contributed by atoms with E-state index in [0.29, 0.717) is 5.82 Å². The summed E-state index contributed by atoms with van der Waals surface area (Å²) in [6.45, 7) is 0. The third-order valence-corrected chi connectivity index (χ3v) is 12.0.